The predicted molar refractivity (Wildman–Crippen MR) is 110 cm³/mol. The fraction of sp³-hybridized carbons (Fsp3) is 0.174. The number of aryl methyl sites for hydroxylation is 4. The molecule has 0 saturated carbocycles. The summed E-state index contributed by atoms with van der Waals surface area (Å²) in [5.41, 5.74) is 7.84. The second-order valence-corrected chi connectivity index (χ2v) is 6.76. The number of hydrogen-bond donors (Lipinski definition) is 2. The molecule has 26 heavy (non-hydrogen) atoms. The molecule has 3 aromatic carbocycles. The van der Waals surface area contributed by atoms with Crippen LogP contribution in [0.25, 0.3) is 0 Å². The van der Waals surface area contributed by atoms with E-state index in [-0.39, 0.29) is 5.91 Å². The SMILES string of the molecule is Cc1ccc(NC(=O)c2ccccc2Nc2ccc(C)cc2C)c(C)c1. The summed E-state index contributed by atoms with van der Waals surface area (Å²) in [5, 5.41) is 6.42. The van der Waals surface area contributed by atoms with E-state index in [1.807, 2.05) is 56.3 Å². The van der Waals surface area contributed by atoms with E-state index >= 15 is 0 Å². The molecule has 3 aromatic rings. The molecule has 1 amide bonds. The van der Waals surface area contributed by atoms with Gasteiger partial charge in [-0.05, 0) is 63.1 Å². The van der Waals surface area contributed by atoms with E-state index in [0.29, 0.717) is 5.56 Å². The molecule has 132 valence electrons. The van der Waals surface area contributed by atoms with Gasteiger partial charge in [-0.2, -0.15) is 0 Å². The second-order valence-electron chi connectivity index (χ2n) is 6.76. The minimum Gasteiger partial charge on any atom is -0.355 e. The first-order valence-electron chi connectivity index (χ1n) is 8.76. The molecule has 0 atom stereocenters. The number of para-hydroxylation sites is 1. The molecule has 0 radical (unpaired) electrons. The molecular formula is C23H24N2O. The van der Waals surface area contributed by atoms with Crippen LogP contribution >= 0.6 is 0 Å². The first-order chi connectivity index (χ1) is 12.4. The van der Waals surface area contributed by atoms with Gasteiger partial charge in [-0.25, -0.2) is 0 Å². The van der Waals surface area contributed by atoms with Crippen LogP contribution in [0.5, 0.6) is 0 Å². The summed E-state index contributed by atoms with van der Waals surface area (Å²) in [4.78, 5) is 12.9. The average Bonchev–Trinajstić information content (AvgIpc) is 2.60. The van der Waals surface area contributed by atoms with Crippen molar-refractivity contribution in [2.24, 2.45) is 0 Å². The Morgan fingerprint density at radius 1 is 0.692 bits per heavy atom. The Balaban J connectivity index is 1.87. The van der Waals surface area contributed by atoms with Gasteiger partial charge in [0, 0.05) is 11.4 Å². The molecule has 0 aliphatic rings. The Kier molecular flexibility index (Phi) is 5.08. The first-order valence-corrected chi connectivity index (χ1v) is 8.76. The quantitative estimate of drug-likeness (QED) is 0.617. The number of anilines is 3. The van der Waals surface area contributed by atoms with Crippen LogP contribution in [0.2, 0.25) is 0 Å². The third kappa shape index (κ3) is 3.94. The minimum absolute atomic E-state index is 0.121. The van der Waals surface area contributed by atoms with E-state index in [1.54, 1.807) is 0 Å². The second kappa shape index (κ2) is 7.44. The van der Waals surface area contributed by atoms with Gasteiger partial charge in [-0.1, -0.05) is 47.5 Å². The fourth-order valence-electron chi connectivity index (χ4n) is 3.03. The lowest BCUT2D eigenvalue weighted by atomic mass is 10.1. The maximum absolute atomic E-state index is 12.9. The van der Waals surface area contributed by atoms with Gasteiger partial charge in [-0.15, -0.1) is 0 Å². The highest BCUT2D eigenvalue weighted by Crippen LogP contribution is 2.25. The molecule has 0 saturated heterocycles. The van der Waals surface area contributed by atoms with E-state index in [9.17, 15) is 4.79 Å². The van der Waals surface area contributed by atoms with E-state index in [0.717, 1.165) is 28.2 Å². The van der Waals surface area contributed by atoms with Gasteiger partial charge in [0.25, 0.3) is 5.91 Å². The van der Waals surface area contributed by atoms with Gasteiger partial charge in [0.1, 0.15) is 0 Å². The summed E-state index contributed by atoms with van der Waals surface area (Å²) in [6.07, 6.45) is 0. The van der Waals surface area contributed by atoms with E-state index in [2.05, 4.69) is 42.7 Å². The number of benzene rings is 3. The molecule has 0 fully saturated rings. The number of carbonyl (C=O) groups excluding carboxylic acids is 1. The lowest BCUT2D eigenvalue weighted by Crippen LogP contribution is -2.14. The summed E-state index contributed by atoms with van der Waals surface area (Å²) in [6.45, 7) is 8.18. The van der Waals surface area contributed by atoms with Crippen LogP contribution in [0.4, 0.5) is 17.1 Å². The Bertz CT molecular complexity index is 960. The van der Waals surface area contributed by atoms with Crippen molar-refractivity contribution in [3.8, 4) is 0 Å². The van der Waals surface area contributed by atoms with Crippen molar-refractivity contribution < 1.29 is 4.79 Å². The maximum Gasteiger partial charge on any atom is 0.257 e. The van der Waals surface area contributed by atoms with Crippen molar-refractivity contribution >= 4 is 23.0 Å². The molecule has 0 bridgehead atoms. The number of amides is 1. The monoisotopic (exact) mass is 344 g/mol. The number of rotatable bonds is 4. The zero-order valence-electron chi connectivity index (χ0n) is 15.7. The number of carbonyl (C=O) groups is 1. The normalized spacial score (nSPS) is 10.5. The third-order valence-corrected chi connectivity index (χ3v) is 4.45. The number of hydrogen-bond acceptors (Lipinski definition) is 2. The van der Waals surface area contributed by atoms with Crippen molar-refractivity contribution in [1.29, 1.82) is 0 Å². The lowest BCUT2D eigenvalue weighted by Gasteiger charge is -2.15. The van der Waals surface area contributed by atoms with Gasteiger partial charge >= 0.3 is 0 Å². The highest BCUT2D eigenvalue weighted by atomic mass is 16.1. The topological polar surface area (TPSA) is 41.1 Å². The van der Waals surface area contributed by atoms with Crippen LogP contribution in [-0.2, 0) is 0 Å². The highest BCUT2D eigenvalue weighted by Gasteiger charge is 2.13. The summed E-state index contributed by atoms with van der Waals surface area (Å²) in [6, 6.07) is 19.8. The molecule has 3 rings (SSSR count). The van der Waals surface area contributed by atoms with Crippen molar-refractivity contribution in [1.82, 2.24) is 0 Å². The van der Waals surface area contributed by atoms with Gasteiger partial charge in [-0.3, -0.25) is 4.79 Å². The van der Waals surface area contributed by atoms with Gasteiger partial charge < -0.3 is 10.6 Å². The third-order valence-electron chi connectivity index (χ3n) is 4.45. The van der Waals surface area contributed by atoms with Gasteiger partial charge in [0.15, 0.2) is 0 Å². The van der Waals surface area contributed by atoms with Crippen LogP contribution < -0.4 is 10.6 Å². The first kappa shape index (κ1) is 17.7. The Morgan fingerprint density at radius 2 is 1.27 bits per heavy atom. The molecular weight excluding hydrogens is 320 g/mol. The van der Waals surface area contributed by atoms with Crippen molar-refractivity contribution in [2.45, 2.75) is 27.7 Å². The summed E-state index contributed by atoms with van der Waals surface area (Å²) >= 11 is 0. The Morgan fingerprint density at radius 3 is 1.88 bits per heavy atom. The minimum atomic E-state index is -0.121. The van der Waals surface area contributed by atoms with E-state index < -0.39 is 0 Å². The van der Waals surface area contributed by atoms with Gasteiger partial charge in [0.2, 0.25) is 0 Å². The molecule has 0 heterocycles. The molecule has 0 unspecified atom stereocenters. The van der Waals surface area contributed by atoms with Gasteiger partial charge in [0.05, 0.1) is 11.3 Å². The van der Waals surface area contributed by atoms with Crippen LogP contribution in [0.1, 0.15) is 32.6 Å². The summed E-state index contributed by atoms with van der Waals surface area (Å²) < 4.78 is 0. The smallest absolute Gasteiger partial charge is 0.257 e. The summed E-state index contributed by atoms with van der Waals surface area (Å²) in [7, 11) is 0. The van der Waals surface area contributed by atoms with Crippen LogP contribution in [-0.4, -0.2) is 5.91 Å². The van der Waals surface area contributed by atoms with E-state index in [1.165, 1.54) is 11.1 Å². The molecule has 0 aliphatic carbocycles. The molecule has 2 N–H and O–H groups in total. The zero-order valence-corrected chi connectivity index (χ0v) is 15.7. The van der Waals surface area contributed by atoms with Crippen LogP contribution in [0.15, 0.2) is 60.7 Å². The standard InChI is InChI=1S/C23H24N2O/c1-15-9-11-20(17(3)13-15)24-22-8-6-5-7-19(22)23(26)25-21-12-10-16(2)14-18(21)4/h5-14,24H,1-4H3,(H,25,26). The van der Waals surface area contributed by atoms with Crippen molar-refractivity contribution in [2.75, 3.05) is 10.6 Å². The zero-order chi connectivity index (χ0) is 18.7. The fourth-order valence-corrected chi connectivity index (χ4v) is 3.03. The molecule has 0 aromatic heterocycles. The molecule has 3 heteroatoms. The maximum atomic E-state index is 12.9. The predicted octanol–water partition coefficient (Wildman–Crippen LogP) is 5.92. The van der Waals surface area contributed by atoms with Crippen LogP contribution in [0.3, 0.4) is 0 Å². The average molecular weight is 344 g/mol. The van der Waals surface area contributed by atoms with E-state index in [4.69, 9.17) is 0 Å². The van der Waals surface area contributed by atoms with Crippen molar-refractivity contribution in [3.05, 3.63) is 88.5 Å². The molecule has 0 spiro atoms. The lowest BCUT2D eigenvalue weighted by molar-refractivity contribution is 0.102. The largest absolute Gasteiger partial charge is 0.355 e. The Labute approximate surface area is 155 Å². The van der Waals surface area contributed by atoms with Crippen molar-refractivity contribution in [3.63, 3.8) is 0 Å². The molecule has 3 nitrogen and oxygen atoms in total. The summed E-state index contributed by atoms with van der Waals surface area (Å²) in [5.74, 6) is -0.121. The van der Waals surface area contributed by atoms with Crippen LogP contribution in [0, 0.1) is 27.7 Å². The number of nitrogens with one attached hydrogen (secondary N) is 2. The Hall–Kier alpha value is -3.07. The highest BCUT2D eigenvalue weighted by molar-refractivity contribution is 6.08. The molecule has 0 aliphatic heterocycles.